The smallest absolute Gasteiger partial charge is 0.222 e. The molecule has 0 aromatic heterocycles. The fourth-order valence-electron chi connectivity index (χ4n) is 4.70. The lowest BCUT2D eigenvalue weighted by atomic mass is 10.0. The molecule has 0 atom stereocenters. The van der Waals surface area contributed by atoms with Crippen molar-refractivity contribution in [2.45, 2.75) is 39.2 Å². The Balaban J connectivity index is 0.00000342. The molecule has 188 valence electrons. The number of rotatable bonds is 7. The van der Waals surface area contributed by atoms with Gasteiger partial charge >= 0.3 is 0 Å². The molecule has 0 radical (unpaired) electrons. The number of carbonyl (C=O) groups is 1. The Kier molecular flexibility index (Phi) is 10.1. The van der Waals surface area contributed by atoms with E-state index in [0.29, 0.717) is 23.0 Å². The van der Waals surface area contributed by atoms with Gasteiger partial charge in [-0.1, -0.05) is 30.6 Å². The number of anilines is 2. The van der Waals surface area contributed by atoms with Gasteiger partial charge in [-0.05, 0) is 68.3 Å². The number of hydrogen-bond donors (Lipinski definition) is 1. The zero-order valence-electron chi connectivity index (χ0n) is 19.4. The monoisotopic (exact) mass is 515 g/mol. The second kappa shape index (κ2) is 13.0. The van der Waals surface area contributed by atoms with Crippen LogP contribution in [0.5, 0.6) is 0 Å². The van der Waals surface area contributed by atoms with E-state index in [-0.39, 0.29) is 13.3 Å². The summed E-state index contributed by atoms with van der Waals surface area (Å²) >= 11 is 12.1. The first kappa shape index (κ1) is 27.1. The molecule has 0 spiro atoms. The minimum atomic E-state index is 0. The standard InChI is InChI=1S/C26H31Cl2N5O.CH4/c27-21-4-7-24(8-5-21)32-16-14-31(15-17-32)11-1-2-26(34)33-12-9-22(10-13-33)30-23-6-3-20(19-29)25(28)18-23;/h3-8,18,22,30H,1-2,9-17H2;1H4. The Morgan fingerprint density at radius 3 is 2.31 bits per heavy atom. The maximum atomic E-state index is 12.7. The van der Waals surface area contributed by atoms with Gasteiger partial charge in [-0.2, -0.15) is 5.26 Å². The Morgan fingerprint density at radius 1 is 1.00 bits per heavy atom. The molecule has 0 aliphatic carbocycles. The number of amides is 1. The van der Waals surface area contributed by atoms with Crippen LogP contribution in [0.15, 0.2) is 42.5 Å². The lowest BCUT2D eigenvalue weighted by Gasteiger charge is -2.36. The Morgan fingerprint density at radius 2 is 1.69 bits per heavy atom. The normalized spacial score (nSPS) is 16.9. The average molecular weight is 517 g/mol. The molecule has 1 amide bonds. The van der Waals surface area contributed by atoms with Gasteiger partial charge in [0, 0.05) is 68.1 Å². The van der Waals surface area contributed by atoms with Gasteiger partial charge in [0.1, 0.15) is 6.07 Å². The van der Waals surface area contributed by atoms with Gasteiger partial charge in [-0.15, -0.1) is 0 Å². The summed E-state index contributed by atoms with van der Waals surface area (Å²) in [6, 6.07) is 15.8. The van der Waals surface area contributed by atoms with Gasteiger partial charge in [0.05, 0.1) is 10.6 Å². The van der Waals surface area contributed by atoms with Gasteiger partial charge in [0.2, 0.25) is 5.91 Å². The highest BCUT2D eigenvalue weighted by Gasteiger charge is 2.23. The van der Waals surface area contributed by atoms with E-state index in [2.05, 4.69) is 33.3 Å². The van der Waals surface area contributed by atoms with Crippen molar-refractivity contribution in [1.82, 2.24) is 9.80 Å². The van der Waals surface area contributed by atoms with Crippen LogP contribution in [0.4, 0.5) is 11.4 Å². The minimum absolute atomic E-state index is 0. The molecule has 8 heteroatoms. The van der Waals surface area contributed by atoms with E-state index in [1.165, 1.54) is 5.69 Å². The van der Waals surface area contributed by atoms with Gasteiger partial charge in [0.25, 0.3) is 0 Å². The van der Waals surface area contributed by atoms with Crippen LogP contribution in [0, 0.1) is 11.3 Å². The molecule has 2 aliphatic rings. The van der Waals surface area contributed by atoms with Crippen molar-refractivity contribution in [3.63, 3.8) is 0 Å². The van der Waals surface area contributed by atoms with E-state index < -0.39 is 0 Å². The van der Waals surface area contributed by atoms with Crippen molar-refractivity contribution in [3.8, 4) is 6.07 Å². The predicted molar refractivity (Wildman–Crippen MR) is 145 cm³/mol. The van der Waals surface area contributed by atoms with Crippen LogP contribution < -0.4 is 10.2 Å². The second-order valence-corrected chi connectivity index (χ2v) is 9.86. The highest BCUT2D eigenvalue weighted by molar-refractivity contribution is 6.32. The Bertz CT molecular complexity index is 1010. The fourth-order valence-corrected chi connectivity index (χ4v) is 5.05. The van der Waals surface area contributed by atoms with Crippen LogP contribution in [-0.4, -0.2) is 67.6 Å². The van der Waals surface area contributed by atoms with Crippen LogP contribution in [0.25, 0.3) is 0 Å². The molecule has 35 heavy (non-hydrogen) atoms. The molecular formula is C27H35Cl2N5O. The SMILES string of the molecule is C.N#Cc1ccc(NC2CCN(C(=O)CCCN3CCN(c4ccc(Cl)cc4)CC3)CC2)cc1Cl. The zero-order valence-corrected chi connectivity index (χ0v) is 20.9. The van der Waals surface area contributed by atoms with E-state index in [4.69, 9.17) is 28.5 Å². The van der Waals surface area contributed by atoms with Crippen molar-refractivity contribution >= 4 is 40.5 Å². The Hall–Kier alpha value is -2.46. The molecular weight excluding hydrogens is 481 g/mol. The minimum Gasteiger partial charge on any atom is -0.382 e. The lowest BCUT2D eigenvalue weighted by molar-refractivity contribution is -0.132. The number of hydrogen-bond acceptors (Lipinski definition) is 5. The van der Waals surface area contributed by atoms with Crippen LogP contribution in [0.3, 0.4) is 0 Å². The second-order valence-electron chi connectivity index (χ2n) is 9.01. The lowest BCUT2D eigenvalue weighted by Crippen LogP contribution is -2.47. The molecule has 2 aliphatic heterocycles. The molecule has 4 rings (SSSR count). The summed E-state index contributed by atoms with van der Waals surface area (Å²) in [6.45, 7) is 6.57. The summed E-state index contributed by atoms with van der Waals surface area (Å²) in [5, 5.41) is 13.7. The average Bonchev–Trinajstić information content (AvgIpc) is 2.85. The molecule has 2 aromatic carbocycles. The molecule has 2 aromatic rings. The van der Waals surface area contributed by atoms with Gasteiger partial charge in [-0.25, -0.2) is 0 Å². The van der Waals surface area contributed by atoms with Crippen LogP contribution >= 0.6 is 23.2 Å². The number of nitrogens with one attached hydrogen (secondary N) is 1. The van der Waals surface area contributed by atoms with Crippen LogP contribution in [-0.2, 0) is 4.79 Å². The maximum absolute atomic E-state index is 12.7. The third-order valence-corrected chi connectivity index (χ3v) is 7.30. The molecule has 2 fully saturated rings. The molecule has 0 saturated carbocycles. The van der Waals surface area contributed by atoms with Crippen molar-refractivity contribution in [2.75, 3.05) is 56.0 Å². The van der Waals surface area contributed by atoms with Gasteiger partial charge in [0.15, 0.2) is 0 Å². The number of benzene rings is 2. The summed E-state index contributed by atoms with van der Waals surface area (Å²) in [4.78, 5) is 19.6. The zero-order chi connectivity index (χ0) is 23.9. The van der Waals surface area contributed by atoms with E-state index >= 15 is 0 Å². The number of likely N-dealkylation sites (tertiary alicyclic amines) is 1. The van der Waals surface area contributed by atoms with E-state index in [9.17, 15) is 4.79 Å². The molecule has 2 heterocycles. The van der Waals surface area contributed by atoms with Crippen molar-refractivity contribution < 1.29 is 4.79 Å². The number of piperidine rings is 1. The summed E-state index contributed by atoms with van der Waals surface area (Å²) in [5.74, 6) is 0.264. The van der Waals surface area contributed by atoms with Gasteiger partial charge in [-0.3, -0.25) is 9.69 Å². The van der Waals surface area contributed by atoms with Gasteiger partial charge < -0.3 is 15.1 Å². The third-order valence-electron chi connectivity index (χ3n) is 6.74. The van der Waals surface area contributed by atoms with Crippen LogP contribution in [0.1, 0.15) is 38.7 Å². The quantitative estimate of drug-likeness (QED) is 0.526. The third kappa shape index (κ3) is 7.51. The number of nitriles is 1. The number of piperazine rings is 1. The fraction of sp³-hybridized carbons (Fsp3) is 0.481. The summed E-state index contributed by atoms with van der Waals surface area (Å²) in [6.07, 6.45) is 3.34. The van der Waals surface area contributed by atoms with E-state index in [1.54, 1.807) is 12.1 Å². The number of carbonyl (C=O) groups excluding carboxylic acids is 1. The first-order chi connectivity index (χ1) is 16.5. The molecule has 0 unspecified atom stereocenters. The highest BCUT2D eigenvalue weighted by Crippen LogP contribution is 2.23. The molecule has 0 bridgehead atoms. The Labute approximate surface area is 219 Å². The first-order valence-corrected chi connectivity index (χ1v) is 12.7. The first-order valence-electron chi connectivity index (χ1n) is 12.0. The van der Waals surface area contributed by atoms with Crippen molar-refractivity contribution in [1.29, 1.82) is 5.26 Å². The topological polar surface area (TPSA) is 62.6 Å². The summed E-state index contributed by atoms with van der Waals surface area (Å²) < 4.78 is 0. The maximum Gasteiger partial charge on any atom is 0.222 e. The van der Waals surface area contributed by atoms with E-state index in [0.717, 1.165) is 75.8 Å². The highest BCUT2D eigenvalue weighted by atomic mass is 35.5. The number of nitrogens with zero attached hydrogens (tertiary/aromatic N) is 4. The summed E-state index contributed by atoms with van der Waals surface area (Å²) in [7, 11) is 0. The number of halogens is 2. The predicted octanol–water partition coefficient (Wildman–Crippen LogP) is 5.51. The van der Waals surface area contributed by atoms with Crippen LogP contribution in [0.2, 0.25) is 10.0 Å². The largest absolute Gasteiger partial charge is 0.382 e. The molecule has 2 saturated heterocycles. The van der Waals surface area contributed by atoms with Crippen molar-refractivity contribution in [2.24, 2.45) is 0 Å². The molecule has 1 N–H and O–H groups in total. The molecule has 6 nitrogen and oxygen atoms in total. The summed E-state index contributed by atoms with van der Waals surface area (Å²) in [5.41, 5.74) is 2.63. The van der Waals surface area contributed by atoms with Crippen molar-refractivity contribution in [3.05, 3.63) is 58.1 Å². The van der Waals surface area contributed by atoms with E-state index in [1.807, 2.05) is 23.1 Å².